The highest BCUT2D eigenvalue weighted by molar-refractivity contribution is 5.94. The molecular formula is C19H14F2N6O2. The number of benzene rings is 1. The third-order valence-corrected chi connectivity index (χ3v) is 4.71. The summed E-state index contributed by atoms with van der Waals surface area (Å²) in [4.78, 5) is 16.6. The lowest BCUT2D eigenvalue weighted by atomic mass is 10.2. The van der Waals surface area contributed by atoms with Crippen molar-refractivity contribution < 1.29 is 18.1 Å². The number of halogens is 2. The maximum atomic E-state index is 13.3. The number of pyridine rings is 1. The first-order valence-electron chi connectivity index (χ1n) is 9.00. The normalized spacial score (nSPS) is 13.7. The Hall–Kier alpha value is -3.69. The minimum absolute atomic E-state index is 0.0110. The monoisotopic (exact) mass is 396 g/mol. The second-order valence-electron chi connectivity index (χ2n) is 6.78. The quantitative estimate of drug-likeness (QED) is 0.557. The van der Waals surface area contributed by atoms with Crippen LogP contribution in [0.5, 0.6) is 0 Å². The fourth-order valence-electron chi connectivity index (χ4n) is 3.00. The van der Waals surface area contributed by atoms with Crippen LogP contribution in [0.4, 0.5) is 8.78 Å². The Morgan fingerprint density at radius 3 is 2.86 bits per heavy atom. The van der Waals surface area contributed by atoms with E-state index in [1.807, 2.05) is 0 Å². The Kier molecular flexibility index (Phi) is 4.04. The van der Waals surface area contributed by atoms with Crippen LogP contribution in [0, 0.1) is 11.6 Å². The second-order valence-corrected chi connectivity index (χ2v) is 6.78. The molecule has 0 unspecified atom stereocenters. The van der Waals surface area contributed by atoms with E-state index in [4.69, 9.17) is 4.52 Å². The van der Waals surface area contributed by atoms with Crippen LogP contribution in [0.25, 0.3) is 17.1 Å². The van der Waals surface area contributed by atoms with E-state index in [2.05, 4.69) is 25.7 Å². The van der Waals surface area contributed by atoms with E-state index in [9.17, 15) is 13.6 Å². The predicted octanol–water partition coefficient (Wildman–Crippen LogP) is 2.86. The van der Waals surface area contributed by atoms with Gasteiger partial charge in [-0.15, -0.1) is 10.2 Å². The van der Waals surface area contributed by atoms with E-state index in [0.29, 0.717) is 34.7 Å². The lowest BCUT2D eigenvalue weighted by Crippen LogP contribution is -2.24. The van der Waals surface area contributed by atoms with Crippen LogP contribution in [0.3, 0.4) is 0 Å². The third kappa shape index (κ3) is 3.22. The first-order valence-corrected chi connectivity index (χ1v) is 9.00. The van der Waals surface area contributed by atoms with Gasteiger partial charge in [0.1, 0.15) is 0 Å². The number of carbonyl (C=O) groups is 1. The molecule has 1 aromatic carbocycles. The number of fused-ring (bicyclic) bond motifs is 1. The maximum absolute atomic E-state index is 13.3. The molecule has 0 aliphatic heterocycles. The maximum Gasteiger partial charge on any atom is 0.261 e. The van der Waals surface area contributed by atoms with Gasteiger partial charge in [0, 0.05) is 17.7 Å². The standard InChI is InChI=1S/C19H14F2N6O2/c20-13-6-5-11(8-14(13)21)18(28)22-9-15-24-25-17-12(2-1-7-27(15)17)19-23-16(26-29-19)10-3-4-10/h1-2,5-8,10H,3-4,9H2,(H,22,28). The van der Waals surface area contributed by atoms with Gasteiger partial charge in [-0.1, -0.05) is 5.16 Å². The zero-order chi connectivity index (χ0) is 20.0. The molecule has 0 spiro atoms. The van der Waals surface area contributed by atoms with Gasteiger partial charge in [-0.05, 0) is 43.2 Å². The smallest absolute Gasteiger partial charge is 0.261 e. The van der Waals surface area contributed by atoms with Gasteiger partial charge in [-0.3, -0.25) is 9.20 Å². The van der Waals surface area contributed by atoms with Gasteiger partial charge >= 0.3 is 0 Å². The number of aromatic nitrogens is 5. The molecule has 1 amide bonds. The molecule has 10 heteroatoms. The molecule has 1 aliphatic rings. The topological polar surface area (TPSA) is 98.2 Å². The summed E-state index contributed by atoms with van der Waals surface area (Å²) in [5.41, 5.74) is 1.16. The summed E-state index contributed by atoms with van der Waals surface area (Å²) in [5, 5.41) is 14.9. The summed E-state index contributed by atoms with van der Waals surface area (Å²) >= 11 is 0. The number of carbonyl (C=O) groups excluding carboxylic acids is 1. The van der Waals surface area contributed by atoms with Crippen molar-refractivity contribution in [3.05, 3.63) is 65.4 Å². The van der Waals surface area contributed by atoms with E-state index < -0.39 is 17.5 Å². The van der Waals surface area contributed by atoms with Crippen LogP contribution in [0.15, 0.2) is 41.1 Å². The molecule has 3 aromatic heterocycles. The van der Waals surface area contributed by atoms with E-state index >= 15 is 0 Å². The van der Waals surface area contributed by atoms with Gasteiger partial charge in [0.2, 0.25) is 0 Å². The summed E-state index contributed by atoms with van der Waals surface area (Å²) in [6, 6.07) is 6.55. The van der Waals surface area contributed by atoms with Crippen LogP contribution in [0.1, 0.15) is 40.8 Å². The highest BCUT2D eigenvalue weighted by atomic mass is 19.2. The molecule has 1 saturated carbocycles. The Balaban J connectivity index is 1.38. The van der Waals surface area contributed by atoms with Crippen molar-refractivity contribution in [1.29, 1.82) is 0 Å². The fraction of sp³-hybridized carbons (Fsp3) is 0.211. The van der Waals surface area contributed by atoms with Crippen molar-refractivity contribution in [2.75, 3.05) is 0 Å². The van der Waals surface area contributed by atoms with E-state index in [1.54, 1.807) is 22.7 Å². The molecule has 3 heterocycles. The molecule has 5 rings (SSSR count). The summed E-state index contributed by atoms with van der Waals surface area (Å²) in [5.74, 6) is -0.763. The second kappa shape index (κ2) is 6.73. The van der Waals surface area contributed by atoms with Gasteiger partial charge in [-0.2, -0.15) is 4.98 Å². The van der Waals surface area contributed by atoms with E-state index in [1.165, 1.54) is 6.07 Å². The van der Waals surface area contributed by atoms with Crippen molar-refractivity contribution in [2.45, 2.75) is 25.3 Å². The molecule has 1 N–H and O–H groups in total. The van der Waals surface area contributed by atoms with Crippen LogP contribution in [-0.2, 0) is 6.54 Å². The average molecular weight is 396 g/mol. The molecule has 1 aliphatic carbocycles. The highest BCUT2D eigenvalue weighted by Gasteiger charge is 2.29. The first-order chi connectivity index (χ1) is 14.1. The molecule has 0 radical (unpaired) electrons. The Morgan fingerprint density at radius 2 is 2.07 bits per heavy atom. The van der Waals surface area contributed by atoms with Crippen LogP contribution in [-0.4, -0.2) is 30.6 Å². The zero-order valence-electron chi connectivity index (χ0n) is 15.0. The van der Waals surface area contributed by atoms with Crippen molar-refractivity contribution >= 4 is 11.6 Å². The molecule has 0 bridgehead atoms. The van der Waals surface area contributed by atoms with Crippen molar-refractivity contribution in [2.24, 2.45) is 0 Å². The molecule has 1 fully saturated rings. The van der Waals surface area contributed by atoms with E-state index in [0.717, 1.165) is 25.0 Å². The summed E-state index contributed by atoms with van der Waals surface area (Å²) in [7, 11) is 0. The average Bonchev–Trinajstić information content (AvgIpc) is 3.31. The molecule has 0 atom stereocenters. The van der Waals surface area contributed by atoms with Gasteiger partial charge in [0.15, 0.2) is 28.9 Å². The van der Waals surface area contributed by atoms with Crippen molar-refractivity contribution in [3.63, 3.8) is 0 Å². The summed E-state index contributed by atoms with van der Waals surface area (Å²) < 4.78 is 33.4. The van der Waals surface area contributed by atoms with Gasteiger partial charge in [0.05, 0.1) is 12.1 Å². The zero-order valence-corrected chi connectivity index (χ0v) is 15.0. The number of amides is 1. The minimum Gasteiger partial charge on any atom is -0.345 e. The Morgan fingerprint density at radius 1 is 1.21 bits per heavy atom. The highest BCUT2D eigenvalue weighted by Crippen LogP contribution is 2.39. The number of nitrogens with zero attached hydrogens (tertiary/aromatic N) is 5. The first kappa shape index (κ1) is 17.4. The molecular weight excluding hydrogens is 382 g/mol. The number of hydrogen-bond acceptors (Lipinski definition) is 6. The van der Waals surface area contributed by atoms with Crippen molar-refractivity contribution in [1.82, 2.24) is 30.1 Å². The molecule has 0 saturated heterocycles. The number of hydrogen-bond donors (Lipinski definition) is 1. The number of rotatable bonds is 5. The van der Waals surface area contributed by atoms with Crippen LogP contribution >= 0.6 is 0 Å². The van der Waals surface area contributed by atoms with E-state index in [-0.39, 0.29) is 12.1 Å². The summed E-state index contributed by atoms with van der Waals surface area (Å²) in [6.45, 7) is 0.0413. The van der Waals surface area contributed by atoms with Gasteiger partial charge in [-0.25, -0.2) is 8.78 Å². The Bertz CT molecular complexity index is 1230. The van der Waals surface area contributed by atoms with Crippen LogP contribution in [0.2, 0.25) is 0 Å². The SMILES string of the molecule is O=C(NCc1nnc2c(-c3nc(C4CC4)no3)cccn12)c1ccc(F)c(F)c1. The fourth-order valence-corrected chi connectivity index (χ4v) is 3.00. The van der Waals surface area contributed by atoms with Gasteiger partial charge < -0.3 is 9.84 Å². The largest absolute Gasteiger partial charge is 0.345 e. The predicted molar refractivity (Wildman–Crippen MR) is 95.8 cm³/mol. The lowest BCUT2D eigenvalue weighted by molar-refractivity contribution is 0.0949. The van der Waals surface area contributed by atoms with Crippen molar-refractivity contribution in [3.8, 4) is 11.5 Å². The minimum atomic E-state index is -1.08. The lowest BCUT2D eigenvalue weighted by Gasteiger charge is -2.05. The molecule has 146 valence electrons. The molecule has 29 heavy (non-hydrogen) atoms. The number of nitrogens with one attached hydrogen (secondary N) is 1. The molecule has 8 nitrogen and oxygen atoms in total. The molecule has 4 aromatic rings. The van der Waals surface area contributed by atoms with Gasteiger partial charge in [0.25, 0.3) is 11.8 Å². The third-order valence-electron chi connectivity index (χ3n) is 4.71. The summed E-state index contributed by atoms with van der Waals surface area (Å²) in [6.07, 6.45) is 3.88. The Labute approximate surface area is 162 Å². The van der Waals surface area contributed by atoms with Crippen LogP contribution < -0.4 is 5.32 Å².